The van der Waals surface area contributed by atoms with Gasteiger partial charge in [0.25, 0.3) is 5.91 Å². The number of benzene rings is 1. The lowest BCUT2D eigenvalue weighted by molar-refractivity contribution is -0.150. The molecule has 0 saturated carbocycles. The van der Waals surface area contributed by atoms with Crippen molar-refractivity contribution in [3.8, 4) is 0 Å². The lowest BCUT2D eigenvalue weighted by atomic mass is 10.0. The number of ether oxygens (including phenoxy) is 2. The molecular weight excluding hydrogens is 510 g/mol. The number of thiophene rings is 1. The number of rotatable bonds is 8. The molecule has 1 unspecified atom stereocenters. The first-order valence-electron chi connectivity index (χ1n) is 10.7. The highest BCUT2D eigenvalue weighted by molar-refractivity contribution is 8.00. The number of hydrogen-bond acceptors (Lipinski definition) is 9. The van der Waals surface area contributed by atoms with E-state index < -0.39 is 42.1 Å². The minimum Gasteiger partial charge on any atom is -0.477 e. The number of alkyl carbamates (subject to hydrolysis) is 2. The second-order valence-corrected chi connectivity index (χ2v) is 9.87. The van der Waals surface area contributed by atoms with Gasteiger partial charge < -0.3 is 19.9 Å². The third kappa shape index (κ3) is 5.86. The summed E-state index contributed by atoms with van der Waals surface area (Å²) < 4.78 is 9.92. The lowest BCUT2D eigenvalue weighted by Gasteiger charge is -2.49. The van der Waals surface area contributed by atoms with E-state index in [-0.39, 0.29) is 36.0 Å². The van der Waals surface area contributed by atoms with Crippen molar-refractivity contribution < 1.29 is 38.6 Å². The van der Waals surface area contributed by atoms with Crippen LogP contribution in [0.25, 0.3) is 0 Å². The van der Waals surface area contributed by atoms with Gasteiger partial charge in [0.2, 0.25) is 5.91 Å². The van der Waals surface area contributed by atoms with Crippen LogP contribution in [0.1, 0.15) is 10.4 Å². The summed E-state index contributed by atoms with van der Waals surface area (Å²) in [5, 5.41) is 15.5. The summed E-state index contributed by atoms with van der Waals surface area (Å²) >= 11 is 2.67. The minimum absolute atomic E-state index is 0.0472. The summed E-state index contributed by atoms with van der Waals surface area (Å²) in [6, 6.07) is 11.6. The number of nitrogens with zero attached hydrogens (tertiary/aromatic N) is 1. The van der Waals surface area contributed by atoms with Gasteiger partial charge in [-0.3, -0.25) is 14.5 Å². The first-order chi connectivity index (χ1) is 17.3. The summed E-state index contributed by atoms with van der Waals surface area (Å²) in [4.78, 5) is 62.6. The minimum atomic E-state index is -1.36. The zero-order chi connectivity index (χ0) is 25.7. The molecule has 4 amide bonds. The Labute approximate surface area is 213 Å². The summed E-state index contributed by atoms with van der Waals surface area (Å²) in [5.41, 5.74) is 0.617. The largest absolute Gasteiger partial charge is 0.477 e. The molecule has 2 aliphatic heterocycles. The number of hydrogen-bond donors (Lipinski definition) is 3. The molecule has 4 rings (SSSR count). The third-order valence-electron chi connectivity index (χ3n) is 5.28. The van der Waals surface area contributed by atoms with Gasteiger partial charge in [-0.15, -0.1) is 23.1 Å². The highest BCUT2D eigenvalue weighted by Crippen LogP contribution is 2.40. The molecule has 11 nitrogen and oxygen atoms in total. The average molecular weight is 532 g/mol. The summed E-state index contributed by atoms with van der Waals surface area (Å²) in [6.45, 7) is -0.493. The van der Waals surface area contributed by atoms with Crippen molar-refractivity contribution in [3.63, 3.8) is 0 Å². The standard InChI is InChI=1S/C23H21N3O8S2/c27-16(9-15-7-4-8-35-15)24-17-19(28)26-18(21(29)30)14(12-36-20(17)26)11-34-23(32)25-22(31)33-10-13-5-2-1-3-6-13/h1-8,17,20H,9-12H2,(H,24,27)(H,29,30)(H,25,31,32)/t17?,20-/m1/s1. The van der Waals surface area contributed by atoms with Crippen molar-refractivity contribution in [1.82, 2.24) is 15.5 Å². The zero-order valence-corrected chi connectivity index (χ0v) is 20.3. The Morgan fingerprint density at radius 1 is 1.03 bits per heavy atom. The molecular formula is C23H21N3O8S2. The van der Waals surface area contributed by atoms with Crippen LogP contribution >= 0.6 is 23.1 Å². The Kier molecular flexibility index (Phi) is 7.90. The molecule has 3 N–H and O–H groups in total. The number of thioether (sulfide) groups is 1. The van der Waals surface area contributed by atoms with Crippen LogP contribution in [0.2, 0.25) is 0 Å². The number of amides is 4. The van der Waals surface area contributed by atoms with Gasteiger partial charge in [0.15, 0.2) is 0 Å². The Balaban J connectivity index is 1.30. The molecule has 2 aliphatic rings. The Hall–Kier alpha value is -3.84. The van der Waals surface area contributed by atoms with Gasteiger partial charge in [-0.25, -0.2) is 19.7 Å². The molecule has 1 fully saturated rings. The van der Waals surface area contributed by atoms with Crippen LogP contribution < -0.4 is 10.6 Å². The highest BCUT2D eigenvalue weighted by Gasteiger charge is 2.54. The van der Waals surface area contributed by atoms with Crippen LogP contribution in [0.3, 0.4) is 0 Å². The SMILES string of the molecule is O=C(Cc1cccs1)NC1C(=O)N2C(C(=O)O)=C(COC(=O)NC(=O)OCc3ccccc3)CS[C@H]12. The molecule has 188 valence electrons. The Bertz CT molecular complexity index is 1200. The van der Waals surface area contributed by atoms with E-state index in [9.17, 15) is 29.1 Å². The maximum atomic E-state index is 12.7. The molecule has 0 spiro atoms. The van der Waals surface area contributed by atoms with Gasteiger partial charge in [-0.2, -0.15) is 0 Å². The predicted octanol–water partition coefficient (Wildman–Crippen LogP) is 2.09. The Morgan fingerprint density at radius 2 is 1.75 bits per heavy atom. The van der Waals surface area contributed by atoms with Crippen molar-refractivity contribution in [2.45, 2.75) is 24.4 Å². The fourth-order valence-corrected chi connectivity index (χ4v) is 5.65. The molecule has 13 heteroatoms. The van der Waals surface area contributed by atoms with Gasteiger partial charge in [-0.1, -0.05) is 36.4 Å². The van der Waals surface area contributed by atoms with Crippen LogP contribution in [0.15, 0.2) is 59.1 Å². The molecule has 36 heavy (non-hydrogen) atoms. The molecule has 2 aromatic rings. The van der Waals surface area contributed by atoms with Gasteiger partial charge >= 0.3 is 18.2 Å². The number of carbonyl (C=O) groups is 5. The molecule has 1 aromatic heterocycles. The van der Waals surface area contributed by atoms with Crippen molar-refractivity contribution >= 4 is 53.1 Å². The molecule has 2 atom stereocenters. The van der Waals surface area contributed by atoms with Crippen LogP contribution in [0, 0.1) is 0 Å². The third-order valence-corrected chi connectivity index (χ3v) is 7.49. The highest BCUT2D eigenvalue weighted by atomic mass is 32.2. The fraction of sp³-hybridized carbons (Fsp3) is 0.261. The average Bonchev–Trinajstić information content (AvgIpc) is 3.37. The number of fused-ring (bicyclic) bond motifs is 1. The molecule has 3 heterocycles. The van der Waals surface area contributed by atoms with E-state index >= 15 is 0 Å². The van der Waals surface area contributed by atoms with E-state index in [0.717, 1.165) is 15.3 Å². The summed E-state index contributed by atoms with van der Waals surface area (Å²) in [6.07, 6.45) is -2.01. The second-order valence-electron chi connectivity index (χ2n) is 7.73. The van der Waals surface area contributed by atoms with Crippen molar-refractivity contribution in [1.29, 1.82) is 0 Å². The fourth-order valence-electron chi connectivity index (χ4n) is 3.62. The zero-order valence-electron chi connectivity index (χ0n) is 18.7. The smallest absolute Gasteiger partial charge is 0.416 e. The number of imide groups is 1. The van der Waals surface area contributed by atoms with E-state index in [0.29, 0.717) is 0 Å². The van der Waals surface area contributed by atoms with Crippen molar-refractivity contribution in [3.05, 3.63) is 69.6 Å². The quantitative estimate of drug-likeness (QED) is 0.435. The number of β-lactam (4-membered cyclic amide) rings is 1. The van der Waals surface area contributed by atoms with Gasteiger partial charge in [0, 0.05) is 16.2 Å². The van der Waals surface area contributed by atoms with Crippen LogP contribution in [0.5, 0.6) is 0 Å². The van der Waals surface area contributed by atoms with E-state index in [1.165, 1.54) is 23.1 Å². The number of carboxylic acids is 1. The molecule has 0 aliphatic carbocycles. The van der Waals surface area contributed by atoms with Crippen LogP contribution in [-0.4, -0.2) is 63.8 Å². The molecule has 0 bridgehead atoms. The van der Waals surface area contributed by atoms with Gasteiger partial charge in [0.1, 0.15) is 30.3 Å². The molecule has 0 radical (unpaired) electrons. The van der Waals surface area contributed by atoms with E-state index in [2.05, 4.69) is 5.32 Å². The lowest BCUT2D eigenvalue weighted by Crippen LogP contribution is -2.70. The van der Waals surface area contributed by atoms with Gasteiger partial charge in [0.05, 0.1) is 6.42 Å². The monoisotopic (exact) mass is 531 g/mol. The maximum absolute atomic E-state index is 12.7. The summed E-state index contributed by atoms with van der Waals surface area (Å²) in [5.74, 6) is -2.10. The number of aliphatic carboxylic acids is 1. The summed E-state index contributed by atoms with van der Waals surface area (Å²) in [7, 11) is 0. The van der Waals surface area contributed by atoms with E-state index in [1.807, 2.05) is 28.9 Å². The first-order valence-corrected chi connectivity index (χ1v) is 12.6. The number of nitrogens with one attached hydrogen (secondary N) is 2. The van der Waals surface area contributed by atoms with E-state index in [4.69, 9.17) is 9.47 Å². The maximum Gasteiger partial charge on any atom is 0.416 e. The topological polar surface area (TPSA) is 151 Å². The van der Waals surface area contributed by atoms with Crippen molar-refractivity contribution in [2.75, 3.05) is 12.4 Å². The molecule has 1 aromatic carbocycles. The van der Waals surface area contributed by atoms with Crippen molar-refractivity contribution in [2.24, 2.45) is 0 Å². The first kappa shape index (κ1) is 25.3. The normalized spacial score (nSPS) is 18.6. The van der Waals surface area contributed by atoms with E-state index in [1.54, 1.807) is 24.3 Å². The van der Waals surface area contributed by atoms with Crippen LogP contribution in [-0.2, 0) is 36.9 Å². The Morgan fingerprint density at radius 3 is 2.42 bits per heavy atom. The second kappa shape index (κ2) is 11.3. The van der Waals surface area contributed by atoms with Gasteiger partial charge in [-0.05, 0) is 17.0 Å². The van der Waals surface area contributed by atoms with Crippen LogP contribution in [0.4, 0.5) is 9.59 Å². The number of carboxylic acid groups (broad SMARTS) is 1. The molecule has 1 saturated heterocycles. The number of carbonyl (C=O) groups excluding carboxylic acids is 4. The predicted molar refractivity (Wildman–Crippen MR) is 129 cm³/mol.